The van der Waals surface area contributed by atoms with E-state index >= 15 is 0 Å². The molecule has 2 N–H and O–H groups in total. The Morgan fingerprint density at radius 2 is 2.19 bits per heavy atom. The van der Waals surface area contributed by atoms with Crippen molar-refractivity contribution in [2.75, 3.05) is 19.7 Å². The number of rotatable bonds is 6. The highest BCUT2D eigenvalue weighted by Crippen LogP contribution is 2.18. The van der Waals surface area contributed by atoms with Crippen molar-refractivity contribution in [1.82, 2.24) is 5.32 Å². The average molecular weight is 222 g/mol. The molecular formula is C11H14N2O3. The molecule has 0 saturated heterocycles. The number of hydrogen-bond donors (Lipinski definition) is 2. The van der Waals surface area contributed by atoms with Crippen LogP contribution in [-0.4, -0.2) is 29.7 Å². The second-order valence-electron chi connectivity index (χ2n) is 3.15. The monoisotopic (exact) mass is 222 g/mol. The number of aliphatic hydroxyl groups is 1. The second-order valence-corrected chi connectivity index (χ2v) is 3.15. The standard InChI is InChI=1S/C11H14N2O3/c14-9-8-12-7-3-5-10-4-1-2-6-11(10)13(15)16/h1-6,12,14H,7-9H2/b5-3+. The molecule has 0 aliphatic rings. The van der Waals surface area contributed by atoms with Gasteiger partial charge < -0.3 is 10.4 Å². The summed E-state index contributed by atoms with van der Waals surface area (Å²) in [4.78, 5) is 10.3. The number of nitrogens with one attached hydrogen (secondary N) is 1. The van der Waals surface area contributed by atoms with Gasteiger partial charge in [-0.15, -0.1) is 0 Å². The van der Waals surface area contributed by atoms with E-state index in [-0.39, 0.29) is 12.3 Å². The highest BCUT2D eigenvalue weighted by Gasteiger charge is 2.08. The molecule has 86 valence electrons. The van der Waals surface area contributed by atoms with Crippen LogP contribution in [0.4, 0.5) is 5.69 Å². The Balaban J connectivity index is 2.62. The molecule has 0 heterocycles. The molecule has 5 heteroatoms. The van der Waals surface area contributed by atoms with Gasteiger partial charge in [0.25, 0.3) is 5.69 Å². The van der Waals surface area contributed by atoms with E-state index in [2.05, 4.69) is 5.32 Å². The molecule has 0 saturated carbocycles. The smallest absolute Gasteiger partial charge is 0.276 e. The molecule has 1 aromatic rings. The topological polar surface area (TPSA) is 75.4 Å². The van der Waals surface area contributed by atoms with Crippen LogP contribution >= 0.6 is 0 Å². The Morgan fingerprint density at radius 1 is 1.44 bits per heavy atom. The third kappa shape index (κ3) is 3.80. The van der Waals surface area contributed by atoms with Gasteiger partial charge in [-0.05, 0) is 6.07 Å². The summed E-state index contributed by atoms with van der Waals surface area (Å²) >= 11 is 0. The number of nitrogens with zero attached hydrogens (tertiary/aromatic N) is 1. The van der Waals surface area contributed by atoms with Crippen molar-refractivity contribution >= 4 is 11.8 Å². The zero-order chi connectivity index (χ0) is 11.8. The van der Waals surface area contributed by atoms with Crippen LogP contribution in [0.1, 0.15) is 5.56 Å². The molecule has 0 atom stereocenters. The zero-order valence-corrected chi connectivity index (χ0v) is 8.80. The summed E-state index contributed by atoms with van der Waals surface area (Å²) < 4.78 is 0. The minimum atomic E-state index is -0.402. The molecule has 0 aliphatic carbocycles. The van der Waals surface area contributed by atoms with E-state index in [9.17, 15) is 10.1 Å². The van der Waals surface area contributed by atoms with Gasteiger partial charge in [0.1, 0.15) is 0 Å². The fourth-order valence-corrected chi connectivity index (χ4v) is 1.25. The summed E-state index contributed by atoms with van der Waals surface area (Å²) in [6.45, 7) is 1.17. The first-order valence-corrected chi connectivity index (χ1v) is 4.97. The molecule has 0 fully saturated rings. The Kier molecular flexibility index (Phi) is 5.18. The number of para-hydroxylation sites is 1. The van der Waals surface area contributed by atoms with Crippen LogP contribution in [0.3, 0.4) is 0 Å². The average Bonchev–Trinajstić information content (AvgIpc) is 2.29. The molecule has 0 amide bonds. The minimum Gasteiger partial charge on any atom is -0.395 e. The van der Waals surface area contributed by atoms with E-state index in [1.165, 1.54) is 6.07 Å². The summed E-state index contributed by atoms with van der Waals surface area (Å²) in [5.41, 5.74) is 0.680. The Bertz CT molecular complexity index is 377. The van der Waals surface area contributed by atoms with Gasteiger partial charge in [0, 0.05) is 19.2 Å². The van der Waals surface area contributed by atoms with E-state index < -0.39 is 4.92 Å². The quantitative estimate of drug-likeness (QED) is 0.430. The van der Waals surface area contributed by atoms with Crippen LogP contribution < -0.4 is 5.32 Å². The van der Waals surface area contributed by atoms with Gasteiger partial charge in [-0.3, -0.25) is 10.1 Å². The van der Waals surface area contributed by atoms with E-state index in [4.69, 9.17) is 5.11 Å². The fraction of sp³-hybridized carbons (Fsp3) is 0.273. The zero-order valence-electron chi connectivity index (χ0n) is 8.80. The van der Waals surface area contributed by atoms with E-state index in [1.807, 2.05) is 0 Å². The normalized spacial score (nSPS) is 10.8. The van der Waals surface area contributed by atoms with Gasteiger partial charge in [0.2, 0.25) is 0 Å². The van der Waals surface area contributed by atoms with Gasteiger partial charge in [0.05, 0.1) is 17.1 Å². The second kappa shape index (κ2) is 6.71. The third-order valence-corrected chi connectivity index (χ3v) is 1.98. The van der Waals surface area contributed by atoms with Crippen LogP contribution in [0, 0.1) is 10.1 Å². The maximum atomic E-state index is 10.7. The number of nitro benzene ring substituents is 1. The van der Waals surface area contributed by atoms with E-state index in [1.54, 1.807) is 30.4 Å². The molecule has 0 unspecified atom stereocenters. The lowest BCUT2D eigenvalue weighted by Gasteiger charge is -1.98. The predicted octanol–water partition coefficient (Wildman–Crippen LogP) is 1.19. The van der Waals surface area contributed by atoms with Crippen LogP contribution in [-0.2, 0) is 0 Å². The molecule has 5 nitrogen and oxygen atoms in total. The summed E-state index contributed by atoms with van der Waals surface area (Å²) in [5.74, 6) is 0. The van der Waals surface area contributed by atoms with Crippen molar-refractivity contribution in [2.24, 2.45) is 0 Å². The third-order valence-electron chi connectivity index (χ3n) is 1.98. The molecule has 1 rings (SSSR count). The van der Waals surface area contributed by atoms with Crippen molar-refractivity contribution in [1.29, 1.82) is 0 Å². The van der Waals surface area contributed by atoms with Gasteiger partial charge >= 0.3 is 0 Å². The van der Waals surface area contributed by atoms with Crippen molar-refractivity contribution in [2.45, 2.75) is 0 Å². The summed E-state index contributed by atoms with van der Waals surface area (Å²) in [5, 5.41) is 22.2. The van der Waals surface area contributed by atoms with Crippen LogP contribution in [0.15, 0.2) is 30.3 Å². The fourth-order valence-electron chi connectivity index (χ4n) is 1.25. The first kappa shape index (κ1) is 12.4. The lowest BCUT2D eigenvalue weighted by Crippen LogP contribution is -2.17. The maximum Gasteiger partial charge on any atom is 0.276 e. The molecule has 0 aromatic heterocycles. The van der Waals surface area contributed by atoms with Crippen molar-refractivity contribution in [3.63, 3.8) is 0 Å². The summed E-state index contributed by atoms with van der Waals surface area (Å²) in [6.07, 6.45) is 3.49. The summed E-state index contributed by atoms with van der Waals surface area (Å²) in [7, 11) is 0. The van der Waals surface area contributed by atoms with Crippen LogP contribution in [0.25, 0.3) is 6.08 Å². The molecule has 0 aliphatic heterocycles. The number of benzene rings is 1. The largest absolute Gasteiger partial charge is 0.395 e. The number of aliphatic hydroxyl groups excluding tert-OH is 1. The molecular weight excluding hydrogens is 208 g/mol. The molecule has 0 radical (unpaired) electrons. The van der Waals surface area contributed by atoms with Gasteiger partial charge in [-0.2, -0.15) is 0 Å². The lowest BCUT2D eigenvalue weighted by atomic mass is 10.1. The molecule has 16 heavy (non-hydrogen) atoms. The highest BCUT2D eigenvalue weighted by atomic mass is 16.6. The lowest BCUT2D eigenvalue weighted by molar-refractivity contribution is -0.385. The summed E-state index contributed by atoms with van der Waals surface area (Å²) in [6, 6.07) is 6.56. The van der Waals surface area contributed by atoms with Crippen molar-refractivity contribution in [3.05, 3.63) is 46.0 Å². The Labute approximate surface area is 93.6 Å². The van der Waals surface area contributed by atoms with Crippen molar-refractivity contribution < 1.29 is 10.0 Å². The molecule has 0 bridgehead atoms. The van der Waals surface area contributed by atoms with E-state index in [0.717, 1.165) is 0 Å². The Morgan fingerprint density at radius 3 is 2.88 bits per heavy atom. The van der Waals surface area contributed by atoms with Crippen LogP contribution in [0.2, 0.25) is 0 Å². The first-order valence-electron chi connectivity index (χ1n) is 4.97. The molecule has 1 aromatic carbocycles. The highest BCUT2D eigenvalue weighted by molar-refractivity contribution is 5.60. The van der Waals surface area contributed by atoms with Crippen molar-refractivity contribution in [3.8, 4) is 0 Å². The maximum absolute atomic E-state index is 10.7. The van der Waals surface area contributed by atoms with Crippen LogP contribution in [0.5, 0.6) is 0 Å². The van der Waals surface area contributed by atoms with Gasteiger partial charge in [-0.25, -0.2) is 0 Å². The van der Waals surface area contributed by atoms with Gasteiger partial charge in [0.15, 0.2) is 0 Å². The first-order chi connectivity index (χ1) is 7.75. The van der Waals surface area contributed by atoms with E-state index in [0.29, 0.717) is 18.7 Å². The molecule has 0 spiro atoms. The number of hydrogen-bond acceptors (Lipinski definition) is 4. The minimum absolute atomic E-state index is 0.0827. The SMILES string of the molecule is O=[N+]([O-])c1ccccc1/C=C/CNCCO. The number of nitro groups is 1. The van der Waals surface area contributed by atoms with Gasteiger partial charge in [-0.1, -0.05) is 24.3 Å². The Hall–Kier alpha value is -1.72. The predicted molar refractivity (Wildman–Crippen MR) is 62.1 cm³/mol.